The van der Waals surface area contributed by atoms with Crippen LogP contribution in [-0.2, 0) is 4.79 Å². The zero-order chi connectivity index (χ0) is 26.7. The maximum absolute atomic E-state index is 12.8. The molecule has 204 valence electrons. The van der Waals surface area contributed by atoms with E-state index in [0.717, 1.165) is 25.7 Å². The molecule has 0 aromatic rings. The predicted molar refractivity (Wildman–Crippen MR) is 137 cm³/mol. The molecule has 5 N–H and O–H groups in total. The van der Waals surface area contributed by atoms with Crippen LogP contribution in [-0.4, -0.2) is 55.9 Å². The molecule has 5 rings (SSSR count). The summed E-state index contributed by atoms with van der Waals surface area (Å²) in [6.45, 7) is 12.5. The molecule has 4 fully saturated rings. The van der Waals surface area contributed by atoms with Crippen LogP contribution in [0.3, 0.4) is 0 Å². The third-order valence-electron chi connectivity index (χ3n) is 13.7. The van der Waals surface area contributed by atoms with Gasteiger partial charge in [-0.2, -0.15) is 0 Å². The number of hydrogen-bond acceptors (Lipinski definition) is 5. The van der Waals surface area contributed by atoms with Gasteiger partial charge in [0.1, 0.15) is 5.60 Å². The van der Waals surface area contributed by atoms with Crippen molar-refractivity contribution in [3.63, 3.8) is 0 Å². The Labute approximate surface area is 216 Å². The molecule has 6 nitrogen and oxygen atoms in total. The van der Waals surface area contributed by atoms with Gasteiger partial charge in [-0.1, -0.05) is 53.2 Å². The molecule has 0 unspecified atom stereocenters. The van der Waals surface area contributed by atoms with E-state index in [9.17, 15) is 30.3 Å². The first-order valence-corrected chi connectivity index (χ1v) is 14.2. The van der Waals surface area contributed by atoms with Crippen molar-refractivity contribution in [2.45, 2.75) is 111 Å². The summed E-state index contributed by atoms with van der Waals surface area (Å²) in [4.78, 5) is 12.8. The molecule has 4 saturated carbocycles. The molecule has 0 spiro atoms. The Morgan fingerprint density at radius 3 is 2.25 bits per heavy atom. The molecule has 0 saturated heterocycles. The fourth-order valence-corrected chi connectivity index (χ4v) is 10.9. The van der Waals surface area contributed by atoms with Crippen LogP contribution in [0.15, 0.2) is 11.6 Å². The fourth-order valence-electron chi connectivity index (χ4n) is 10.9. The van der Waals surface area contributed by atoms with E-state index >= 15 is 0 Å². The minimum absolute atomic E-state index is 0.0167. The second-order valence-corrected chi connectivity index (χ2v) is 14.5. The van der Waals surface area contributed by atoms with Gasteiger partial charge in [-0.15, -0.1) is 0 Å². The van der Waals surface area contributed by atoms with Crippen molar-refractivity contribution in [2.24, 2.45) is 50.7 Å². The van der Waals surface area contributed by atoms with E-state index in [0.29, 0.717) is 31.6 Å². The number of allylic oxidation sites excluding steroid dienone is 2. The van der Waals surface area contributed by atoms with Crippen molar-refractivity contribution in [3.8, 4) is 0 Å². The Morgan fingerprint density at radius 1 is 0.972 bits per heavy atom. The first kappa shape index (κ1) is 26.6. The molecule has 0 aliphatic heterocycles. The summed E-state index contributed by atoms with van der Waals surface area (Å²) in [6, 6.07) is 0. The van der Waals surface area contributed by atoms with E-state index in [1.807, 2.05) is 0 Å². The normalized spacial score (nSPS) is 58.6. The second-order valence-electron chi connectivity index (χ2n) is 14.5. The van der Waals surface area contributed by atoms with E-state index in [1.165, 1.54) is 5.57 Å². The summed E-state index contributed by atoms with van der Waals surface area (Å²) in [5, 5.41) is 56.0. The van der Waals surface area contributed by atoms with Gasteiger partial charge in [-0.3, -0.25) is 4.79 Å². The highest BCUT2D eigenvalue weighted by Crippen LogP contribution is 2.76. The third-order valence-corrected chi connectivity index (χ3v) is 13.7. The maximum Gasteiger partial charge on any atom is 0.310 e. The molecule has 0 amide bonds. The van der Waals surface area contributed by atoms with Crippen LogP contribution in [0, 0.1) is 50.7 Å². The van der Waals surface area contributed by atoms with Gasteiger partial charge in [0.25, 0.3) is 0 Å². The molecular weight excluding hydrogens is 456 g/mol. The Hall–Kier alpha value is -0.950. The van der Waals surface area contributed by atoms with E-state index in [4.69, 9.17) is 0 Å². The molecule has 12 atom stereocenters. The Kier molecular flexibility index (Phi) is 5.77. The van der Waals surface area contributed by atoms with E-state index < -0.39 is 46.6 Å². The van der Waals surface area contributed by atoms with Crippen LogP contribution < -0.4 is 0 Å². The van der Waals surface area contributed by atoms with Gasteiger partial charge in [-0.05, 0) is 85.9 Å². The highest BCUT2D eigenvalue weighted by Gasteiger charge is 2.77. The number of carboxylic acid groups (broad SMARTS) is 1. The molecule has 0 aromatic carbocycles. The summed E-state index contributed by atoms with van der Waals surface area (Å²) in [6.07, 6.45) is 5.55. The van der Waals surface area contributed by atoms with Crippen molar-refractivity contribution in [2.75, 3.05) is 6.61 Å². The topological polar surface area (TPSA) is 118 Å². The minimum Gasteiger partial charge on any atom is -0.481 e. The third kappa shape index (κ3) is 2.70. The minimum atomic E-state index is -1.62. The zero-order valence-electron chi connectivity index (χ0n) is 23.0. The van der Waals surface area contributed by atoms with Crippen LogP contribution >= 0.6 is 0 Å². The van der Waals surface area contributed by atoms with Gasteiger partial charge in [0.05, 0.1) is 24.2 Å². The summed E-state index contributed by atoms with van der Waals surface area (Å²) < 4.78 is 0. The molecule has 6 heteroatoms. The Morgan fingerprint density at radius 2 is 1.64 bits per heavy atom. The standard InChI is InChI=1S/C30H48O6/c1-17-9-12-29(24(34)35)14-13-25(3)19(23(29)18(17)2)7-8-20-26(4)11-10-21(32)28(6,16-31)30(26,36)22(33)15-27(20,25)5/h7,17-18,20-23,31-33,36H,8-16H2,1-6H3,(H,34,35)/t17-,18+,20-,21+,22-,23+,25-,26-,27-,28-,29+,30+/m1/s1. The molecule has 0 radical (unpaired) electrons. The van der Waals surface area contributed by atoms with Crippen LogP contribution in [0.25, 0.3) is 0 Å². The lowest BCUT2D eigenvalue weighted by atomic mass is 9.31. The lowest BCUT2D eigenvalue weighted by molar-refractivity contribution is -0.338. The lowest BCUT2D eigenvalue weighted by Gasteiger charge is -2.74. The van der Waals surface area contributed by atoms with Crippen LogP contribution in [0.5, 0.6) is 0 Å². The molecule has 0 bridgehead atoms. The monoisotopic (exact) mass is 504 g/mol. The van der Waals surface area contributed by atoms with E-state index in [2.05, 4.69) is 40.7 Å². The van der Waals surface area contributed by atoms with Crippen LogP contribution in [0.1, 0.15) is 92.9 Å². The van der Waals surface area contributed by atoms with Gasteiger partial charge < -0.3 is 25.5 Å². The number of rotatable bonds is 2. The number of fused-ring (bicyclic) bond motifs is 7. The van der Waals surface area contributed by atoms with Crippen molar-refractivity contribution in [3.05, 3.63) is 11.6 Å². The predicted octanol–water partition coefficient (Wildman–Crippen LogP) is 4.15. The van der Waals surface area contributed by atoms with Crippen molar-refractivity contribution in [1.82, 2.24) is 0 Å². The highest BCUT2D eigenvalue weighted by atomic mass is 16.4. The van der Waals surface area contributed by atoms with Crippen molar-refractivity contribution in [1.29, 1.82) is 0 Å². The number of aliphatic hydroxyl groups excluding tert-OH is 3. The number of hydrogen-bond donors (Lipinski definition) is 5. The molecule has 36 heavy (non-hydrogen) atoms. The molecular formula is C30H48O6. The van der Waals surface area contributed by atoms with Crippen molar-refractivity contribution >= 4 is 5.97 Å². The largest absolute Gasteiger partial charge is 0.481 e. The maximum atomic E-state index is 12.8. The number of aliphatic hydroxyl groups is 4. The van der Waals surface area contributed by atoms with Gasteiger partial charge in [0.2, 0.25) is 0 Å². The van der Waals surface area contributed by atoms with Gasteiger partial charge in [-0.25, -0.2) is 0 Å². The lowest BCUT2D eigenvalue weighted by Crippen LogP contribution is -2.79. The zero-order valence-corrected chi connectivity index (χ0v) is 23.0. The van der Waals surface area contributed by atoms with Crippen molar-refractivity contribution < 1.29 is 30.3 Å². The van der Waals surface area contributed by atoms with E-state index in [1.54, 1.807) is 6.92 Å². The second kappa shape index (κ2) is 7.80. The number of aliphatic carboxylic acids is 1. The average molecular weight is 505 g/mol. The summed E-state index contributed by atoms with van der Waals surface area (Å²) in [5.74, 6) is 0.0906. The first-order chi connectivity index (χ1) is 16.6. The first-order valence-electron chi connectivity index (χ1n) is 14.2. The summed E-state index contributed by atoms with van der Waals surface area (Å²) in [5.41, 5.74) is -3.62. The van der Waals surface area contributed by atoms with Gasteiger partial charge >= 0.3 is 5.97 Å². The summed E-state index contributed by atoms with van der Waals surface area (Å²) in [7, 11) is 0. The fraction of sp³-hybridized carbons (Fsp3) is 0.900. The van der Waals surface area contributed by atoms with Crippen LogP contribution in [0.4, 0.5) is 0 Å². The van der Waals surface area contributed by atoms with E-state index in [-0.39, 0.29) is 28.6 Å². The quantitative estimate of drug-likeness (QED) is 0.361. The van der Waals surface area contributed by atoms with Crippen LogP contribution in [0.2, 0.25) is 0 Å². The highest BCUT2D eigenvalue weighted by molar-refractivity contribution is 5.76. The Bertz CT molecular complexity index is 978. The molecule has 5 aliphatic rings. The van der Waals surface area contributed by atoms with Gasteiger partial charge in [0, 0.05) is 10.8 Å². The smallest absolute Gasteiger partial charge is 0.310 e. The van der Waals surface area contributed by atoms with Gasteiger partial charge in [0.15, 0.2) is 0 Å². The molecule has 0 aromatic heterocycles. The number of carbonyl (C=O) groups is 1. The SMILES string of the molecule is C[C@H]1[C@H](C)CC[C@]2(C(=O)O)CC[C@]3(C)C(=CC[C@@H]4[C@@]5(C)CC[C@H](O)[C@@](C)(CO)[C@]5(O)[C@H](O)C[C@]43C)[C@H]12. The number of carboxylic acids is 1. The molecule has 0 heterocycles. The average Bonchev–Trinajstić information content (AvgIpc) is 2.82. The Balaban J connectivity index is 1.67. The molecule has 5 aliphatic carbocycles. The summed E-state index contributed by atoms with van der Waals surface area (Å²) >= 11 is 0.